The highest BCUT2D eigenvalue weighted by atomic mass is 16.5. The van der Waals surface area contributed by atoms with Gasteiger partial charge in [-0.2, -0.15) is 0 Å². The van der Waals surface area contributed by atoms with Crippen molar-refractivity contribution in [2.24, 2.45) is 22.2 Å². The van der Waals surface area contributed by atoms with Crippen LogP contribution in [0.25, 0.3) is 10.8 Å². The second-order valence-corrected chi connectivity index (χ2v) is 5.41. The van der Waals surface area contributed by atoms with Gasteiger partial charge in [0.25, 0.3) is 0 Å². The van der Waals surface area contributed by atoms with E-state index in [2.05, 4.69) is 10.3 Å². The van der Waals surface area contributed by atoms with Crippen molar-refractivity contribution in [1.82, 2.24) is 0 Å². The molecule has 0 unspecified atom stereocenters. The van der Waals surface area contributed by atoms with Gasteiger partial charge in [0, 0.05) is 23.0 Å². The first-order chi connectivity index (χ1) is 11.5. The number of rotatable bonds is 7. The van der Waals surface area contributed by atoms with Crippen molar-refractivity contribution in [1.29, 1.82) is 0 Å². The van der Waals surface area contributed by atoms with Crippen molar-refractivity contribution >= 4 is 28.3 Å². The first kappa shape index (κ1) is 17.6. The average molecular weight is 329 g/mol. The smallest absolute Gasteiger partial charge is 0.241 e. The molecule has 128 valence electrons. The summed E-state index contributed by atoms with van der Waals surface area (Å²) in [5.41, 5.74) is 17.1. The number of ether oxygens (including phenoxy) is 1. The number of benzene rings is 2. The molecule has 2 aromatic carbocycles. The Hall–Kier alpha value is -2.80. The van der Waals surface area contributed by atoms with Gasteiger partial charge in [0.15, 0.2) is 5.96 Å². The third kappa shape index (κ3) is 4.36. The average Bonchev–Trinajstić information content (AvgIpc) is 2.58. The summed E-state index contributed by atoms with van der Waals surface area (Å²) in [6.07, 6.45) is 1.13. The number of nitrogens with two attached hydrogens (primary N) is 3. The zero-order valence-corrected chi connectivity index (χ0v) is 13.7. The zero-order chi connectivity index (χ0) is 17.5. The number of amides is 1. The van der Waals surface area contributed by atoms with Crippen LogP contribution in [0.2, 0.25) is 0 Å². The Labute approximate surface area is 140 Å². The standard InChI is InChI=1S/C17H23N5O2/c1-24-15-9-8-14(11-5-2-3-6-12(11)15)22-16(23)13(18)7-4-10-21-17(19)20/h2-3,5-6,8-9,13H,4,7,10,18H2,1H3,(H,22,23)(H4,19,20,21)/t13-/m0/s1. The monoisotopic (exact) mass is 329 g/mol. The Kier molecular flexibility index (Phi) is 5.97. The van der Waals surface area contributed by atoms with Gasteiger partial charge in [-0.15, -0.1) is 0 Å². The number of nitrogens with one attached hydrogen (secondary N) is 1. The molecule has 24 heavy (non-hydrogen) atoms. The number of aliphatic imine (C=N–C) groups is 1. The fourth-order valence-electron chi connectivity index (χ4n) is 2.43. The van der Waals surface area contributed by atoms with E-state index in [1.807, 2.05) is 36.4 Å². The number of carbonyl (C=O) groups excluding carboxylic acids is 1. The summed E-state index contributed by atoms with van der Waals surface area (Å²) in [7, 11) is 1.62. The van der Waals surface area contributed by atoms with Gasteiger partial charge >= 0.3 is 0 Å². The van der Waals surface area contributed by atoms with E-state index in [0.717, 1.165) is 16.5 Å². The van der Waals surface area contributed by atoms with Crippen LogP contribution in [0.15, 0.2) is 41.4 Å². The lowest BCUT2D eigenvalue weighted by Crippen LogP contribution is -2.35. The molecule has 0 aromatic heterocycles. The number of guanidine groups is 1. The predicted molar refractivity (Wildman–Crippen MR) is 97.0 cm³/mol. The molecule has 0 fully saturated rings. The molecule has 1 atom stereocenters. The van der Waals surface area contributed by atoms with Crippen molar-refractivity contribution in [3.05, 3.63) is 36.4 Å². The molecule has 0 bridgehead atoms. The number of fused-ring (bicyclic) bond motifs is 1. The molecule has 7 heteroatoms. The second-order valence-electron chi connectivity index (χ2n) is 5.41. The van der Waals surface area contributed by atoms with Crippen LogP contribution in [-0.4, -0.2) is 31.6 Å². The molecule has 1 amide bonds. The van der Waals surface area contributed by atoms with E-state index in [4.69, 9.17) is 21.9 Å². The van der Waals surface area contributed by atoms with E-state index in [0.29, 0.717) is 25.1 Å². The summed E-state index contributed by atoms with van der Waals surface area (Å²) in [5, 5.41) is 4.71. The topological polar surface area (TPSA) is 129 Å². The first-order valence-electron chi connectivity index (χ1n) is 7.70. The molecular formula is C17H23N5O2. The molecule has 0 saturated carbocycles. The number of carbonyl (C=O) groups is 1. The second kappa shape index (κ2) is 8.16. The minimum atomic E-state index is -0.625. The minimum absolute atomic E-state index is 0.0396. The SMILES string of the molecule is COc1ccc(NC(=O)[C@@H](N)CCCN=C(N)N)c2ccccc12. The summed E-state index contributed by atoms with van der Waals surface area (Å²) in [5.74, 6) is 0.554. The highest BCUT2D eigenvalue weighted by Crippen LogP contribution is 2.31. The molecule has 0 aliphatic carbocycles. The van der Waals surface area contributed by atoms with Crippen molar-refractivity contribution in [3.63, 3.8) is 0 Å². The van der Waals surface area contributed by atoms with Gasteiger partial charge in [0.2, 0.25) is 5.91 Å². The van der Waals surface area contributed by atoms with E-state index in [1.54, 1.807) is 7.11 Å². The van der Waals surface area contributed by atoms with Crippen molar-refractivity contribution in [2.75, 3.05) is 19.0 Å². The zero-order valence-electron chi connectivity index (χ0n) is 13.7. The number of hydrogen-bond acceptors (Lipinski definition) is 4. The van der Waals surface area contributed by atoms with Crippen LogP contribution in [0.1, 0.15) is 12.8 Å². The maximum absolute atomic E-state index is 12.3. The molecule has 0 aliphatic rings. The van der Waals surface area contributed by atoms with Crippen LogP contribution in [0, 0.1) is 0 Å². The fraction of sp³-hybridized carbons (Fsp3) is 0.294. The Morgan fingerprint density at radius 3 is 2.58 bits per heavy atom. The summed E-state index contributed by atoms with van der Waals surface area (Å²) in [4.78, 5) is 16.2. The van der Waals surface area contributed by atoms with Crippen molar-refractivity contribution < 1.29 is 9.53 Å². The van der Waals surface area contributed by atoms with Crippen LogP contribution >= 0.6 is 0 Å². The fourth-order valence-corrected chi connectivity index (χ4v) is 2.43. The maximum Gasteiger partial charge on any atom is 0.241 e. The van der Waals surface area contributed by atoms with Crippen LogP contribution in [0.5, 0.6) is 5.75 Å². The quantitative estimate of drug-likeness (QED) is 0.344. The highest BCUT2D eigenvalue weighted by molar-refractivity contribution is 6.05. The predicted octanol–water partition coefficient (Wildman–Crippen LogP) is 1.17. The Balaban J connectivity index is 2.06. The summed E-state index contributed by atoms with van der Waals surface area (Å²) in [6, 6.07) is 10.7. The molecule has 0 aliphatic heterocycles. The molecule has 0 spiro atoms. The van der Waals surface area contributed by atoms with Gasteiger partial charge in [-0.3, -0.25) is 9.79 Å². The summed E-state index contributed by atoms with van der Waals surface area (Å²) in [6.45, 7) is 0.453. The number of methoxy groups -OCH3 is 1. The van der Waals surface area contributed by atoms with Gasteiger partial charge in [0.05, 0.1) is 13.2 Å². The normalized spacial score (nSPS) is 11.8. The van der Waals surface area contributed by atoms with E-state index in [-0.39, 0.29) is 11.9 Å². The Morgan fingerprint density at radius 2 is 1.92 bits per heavy atom. The largest absolute Gasteiger partial charge is 0.496 e. The molecular weight excluding hydrogens is 306 g/mol. The summed E-state index contributed by atoms with van der Waals surface area (Å²) >= 11 is 0. The van der Waals surface area contributed by atoms with E-state index in [1.165, 1.54) is 0 Å². The lowest BCUT2D eigenvalue weighted by molar-refractivity contribution is -0.117. The van der Waals surface area contributed by atoms with Crippen LogP contribution in [-0.2, 0) is 4.79 Å². The number of hydrogen-bond donors (Lipinski definition) is 4. The number of nitrogens with zero attached hydrogens (tertiary/aromatic N) is 1. The Bertz CT molecular complexity index is 741. The summed E-state index contributed by atoms with van der Waals surface area (Å²) < 4.78 is 5.35. The van der Waals surface area contributed by atoms with Gasteiger partial charge in [0.1, 0.15) is 5.75 Å². The third-order valence-corrected chi connectivity index (χ3v) is 3.67. The molecule has 0 saturated heterocycles. The van der Waals surface area contributed by atoms with Crippen molar-refractivity contribution in [3.8, 4) is 5.75 Å². The van der Waals surface area contributed by atoms with E-state index >= 15 is 0 Å². The molecule has 0 radical (unpaired) electrons. The molecule has 2 rings (SSSR count). The van der Waals surface area contributed by atoms with E-state index in [9.17, 15) is 4.79 Å². The van der Waals surface area contributed by atoms with Crippen LogP contribution in [0.4, 0.5) is 5.69 Å². The van der Waals surface area contributed by atoms with Crippen LogP contribution < -0.4 is 27.3 Å². The van der Waals surface area contributed by atoms with Gasteiger partial charge in [-0.25, -0.2) is 0 Å². The molecule has 7 N–H and O–H groups in total. The van der Waals surface area contributed by atoms with Crippen molar-refractivity contribution in [2.45, 2.75) is 18.9 Å². The van der Waals surface area contributed by atoms with Gasteiger partial charge in [-0.05, 0) is 25.0 Å². The third-order valence-electron chi connectivity index (χ3n) is 3.67. The van der Waals surface area contributed by atoms with Gasteiger partial charge < -0.3 is 27.3 Å². The van der Waals surface area contributed by atoms with Gasteiger partial charge in [-0.1, -0.05) is 24.3 Å². The van der Waals surface area contributed by atoms with Crippen LogP contribution in [0.3, 0.4) is 0 Å². The van der Waals surface area contributed by atoms with E-state index < -0.39 is 6.04 Å². The maximum atomic E-state index is 12.3. The number of anilines is 1. The minimum Gasteiger partial charge on any atom is -0.496 e. The molecule has 0 heterocycles. The molecule has 7 nitrogen and oxygen atoms in total. The Morgan fingerprint density at radius 1 is 1.21 bits per heavy atom. The lowest BCUT2D eigenvalue weighted by atomic mass is 10.1. The lowest BCUT2D eigenvalue weighted by Gasteiger charge is -2.14. The first-order valence-corrected chi connectivity index (χ1v) is 7.70. The molecule has 2 aromatic rings. The highest BCUT2D eigenvalue weighted by Gasteiger charge is 2.15.